The van der Waals surface area contributed by atoms with Crippen LogP contribution >= 0.6 is 0 Å². The zero-order chi connectivity index (χ0) is 43.8. The molecule has 0 amide bonds. The zero-order valence-corrected chi connectivity index (χ0v) is 28.0. The minimum Gasteiger partial charge on any atom is -0.460 e. The lowest BCUT2D eigenvalue weighted by Crippen LogP contribution is -2.79. The number of rotatable bonds is 21. The minimum absolute atomic E-state index is 0.339. The van der Waals surface area contributed by atoms with Crippen LogP contribution in [0.4, 0.5) is 101 Å². The second-order valence-electron chi connectivity index (χ2n) is 10.9. The van der Waals surface area contributed by atoms with Crippen LogP contribution in [0, 0.1) is 0 Å². The van der Waals surface area contributed by atoms with Gasteiger partial charge in [0.2, 0.25) is 0 Å². The highest BCUT2D eigenvalue weighted by molar-refractivity contribution is 6.60. The van der Waals surface area contributed by atoms with Crippen LogP contribution in [0.5, 0.6) is 0 Å². The Morgan fingerprint density at radius 2 is 0.907 bits per heavy atom. The van der Waals surface area contributed by atoms with Crippen molar-refractivity contribution in [3.63, 3.8) is 0 Å². The molecule has 0 rings (SSSR count). The molecule has 0 aliphatic heterocycles. The fourth-order valence-corrected chi connectivity index (χ4v) is 5.61. The maximum atomic E-state index is 14.7. The van der Waals surface area contributed by atoms with Crippen LogP contribution in [0.25, 0.3) is 0 Å². The van der Waals surface area contributed by atoms with Crippen LogP contribution in [0.1, 0.15) is 19.8 Å². The SMILES string of the molecule is C=C(C)C(=O)OCC(CC(F)(F)C(F)(F)C(F)(F)C(F)(F)C(F)(F)C(F)(F)C(F)(F)C(F)(F)C(F)(C(F)(F)F)C(F)(F)F)OCCC[Si](OC)(OC)OC. The molecule has 0 aliphatic carbocycles. The first kappa shape index (κ1) is 51.7. The molecule has 54 heavy (non-hydrogen) atoms. The van der Waals surface area contributed by atoms with Gasteiger partial charge in [-0.3, -0.25) is 0 Å². The number of halogens is 23. The maximum Gasteiger partial charge on any atom is 0.500 e. The lowest BCUT2D eigenvalue weighted by molar-refractivity contribution is -0.481. The number of ether oxygens (including phenoxy) is 2. The second-order valence-corrected chi connectivity index (χ2v) is 13.9. The molecule has 0 radical (unpaired) electrons. The van der Waals surface area contributed by atoms with Crippen molar-refractivity contribution in [1.29, 1.82) is 0 Å². The first-order valence-corrected chi connectivity index (χ1v) is 15.5. The van der Waals surface area contributed by atoms with E-state index in [2.05, 4.69) is 16.1 Å². The Hall–Kier alpha value is -2.34. The molecule has 0 saturated heterocycles. The van der Waals surface area contributed by atoms with Gasteiger partial charge >= 0.3 is 80.2 Å². The zero-order valence-electron chi connectivity index (χ0n) is 27.0. The third-order valence-electron chi connectivity index (χ3n) is 7.19. The largest absolute Gasteiger partial charge is 0.500 e. The molecule has 0 N–H and O–H groups in total. The van der Waals surface area contributed by atoms with Crippen molar-refractivity contribution < 1.29 is 129 Å². The number of hydrogen-bond donors (Lipinski definition) is 0. The Bertz CT molecular complexity index is 1270. The molecule has 1 unspecified atom stereocenters. The summed E-state index contributed by atoms with van der Waals surface area (Å²) in [7, 11) is -0.449. The third kappa shape index (κ3) is 8.35. The van der Waals surface area contributed by atoms with Crippen molar-refractivity contribution in [2.24, 2.45) is 0 Å². The molecular weight excluding hydrogens is 849 g/mol. The summed E-state index contributed by atoms with van der Waals surface area (Å²) in [5, 5.41) is 0. The monoisotopic (exact) mass is 874 g/mol. The van der Waals surface area contributed by atoms with Crippen LogP contribution in [-0.4, -0.2) is 121 Å². The van der Waals surface area contributed by atoms with E-state index < -0.39 is 118 Å². The normalized spacial score (nSPS) is 16.1. The quantitative estimate of drug-likeness (QED) is 0.0378. The molecule has 0 fully saturated rings. The lowest BCUT2D eigenvalue weighted by atomic mass is 9.82. The van der Waals surface area contributed by atoms with Crippen LogP contribution in [0.3, 0.4) is 0 Å². The van der Waals surface area contributed by atoms with E-state index >= 15 is 0 Å². The number of carbonyl (C=O) groups excluding carboxylic acids is 1. The standard InChI is InChI=1S/C24H25F23O6Si/c1-11(2)13(48)53-10-12(52-7-6-8-54(49-3,50-4)51-5)9-14(25,26)16(28,29)18(32,33)20(36,37)22(40,41)21(38,39)19(34,35)17(30,31)15(27,23(42,43)44)24(45,46)47/h12H,1,6-10H2,2-5H3. The Morgan fingerprint density at radius 3 is 1.22 bits per heavy atom. The number of esters is 1. The minimum atomic E-state index is -9.57. The van der Waals surface area contributed by atoms with E-state index in [1.54, 1.807) is 0 Å². The van der Waals surface area contributed by atoms with Crippen molar-refractivity contribution in [3.05, 3.63) is 12.2 Å². The predicted octanol–water partition coefficient (Wildman–Crippen LogP) is 9.06. The fourth-order valence-electron chi connectivity index (χ4n) is 3.92. The van der Waals surface area contributed by atoms with Crippen molar-refractivity contribution in [3.8, 4) is 0 Å². The average Bonchev–Trinajstić information content (AvgIpc) is 3.01. The van der Waals surface area contributed by atoms with Crippen LogP contribution in [0.15, 0.2) is 12.2 Å². The van der Waals surface area contributed by atoms with Crippen LogP contribution in [-0.2, 0) is 27.5 Å². The second kappa shape index (κ2) is 15.9. The van der Waals surface area contributed by atoms with Crippen molar-refractivity contribution in [1.82, 2.24) is 0 Å². The van der Waals surface area contributed by atoms with E-state index in [4.69, 9.17) is 13.3 Å². The Morgan fingerprint density at radius 1 is 0.574 bits per heavy atom. The summed E-state index contributed by atoms with van der Waals surface area (Å²) in [5.41, 5.74) is -9.68. The average molecular weight is 874 g/mol. The molecule has 0 aromatic carbocycles. The highest BCUT2D eigenvalue weighted by Gasteiger charge is 3.00. The summed E-state index contributed by atoms with van der Waals surface area (Å²) < 4.78 is 341. The van der Waals surface area contributed by atoms with Crippen molar-refractivity contribution in [2.45, 2.75) is 97.3 Å². The summed E-state index contributed by atoms with van der Waals surface area (Å²) in [4.78, 5) is 11.6. The van der Waals surface area contributed by atoms with E-state index in [0.717, 1.165) is 28.3 Å². The molecule has 0 spiro atoms. The van der Waals surface area contributed by atoms with Gasteiger partial charge in [0.1, 0.15) is 6.61 Å². The van der Waals surface area contributed by atoms with E-state index in [-0.39, 0.29) is 6.04 Å². The maximum absolute atomic E-state index is 14.7. The topological polar surface area (TPSA) is 63.2 Å². The highest BCUT2D eigenvalue weighted by atomic mass is 28.4. The molecule has 0 heterocycles. The first-order valence-electron chi connectivity index (χ1n) is 13.5. The van der Waals surface area contributed by atoms with Crippen LogP contribution < -0.4 is 0 Å². The van der Waals surface area contributed by atoms with Crippen LogP contribution in [0.2, 0.25) is 6.04 Å². The number of alkyl halides is 23. The van der Waals surface area contributed by atoms with Gasteiger partial charge in [0.15, 0.2) is 0 Å². The summed E-state index contributed by atoms with van der Waals surface area (Å²) in [6.07, 6.45) is -23.7. The van der Waals surface area contributed by atoms with Gasteiger partial charge in [-0.05, 0) is 13.3 Å². The Labute approximate surface area is 288 Å². The van der Waals surface area contributed by atoms with Gasteiger partial charge in [-0.2, -0.15) is 96.6 Å². The molecule has 6 nitrogen and oxygen atoms in total. The molecule has 0 aliphatic rings. The molecule has 1 atom stereocenters. The molecule has 0 saturated carbocycles. The van der Waals surface area contributed by atoms with E-state index in [1.807, 2.05) is 0 Å². The molecular formula is C24H25F23O6Si. The van der Waals surface area contributed by atoms with Gasteiger partial charge < -0.3 is 22.8 Å². The van der Waals surface area contributed by atoms with Gasteiger partial charge in [-0.1, -0.05) is 6.58 Å². The summed E-state index contributed by atoms with van der Waals surface area (Å²) >= 11 is 0. The first-order chi connectivity index (χ1) is 23.6. The summed E-state index contributed by atoms with van der Waals surface area (Å²) in [5.74, 6) is -73.2. The van der Waals surface area contributed by atoms with Gasteiger partial charge in [0, 0.05) is 46.0 Å². The molecule has 0 aromatic heterocycles. The van der Waals surface area contributed by atoms with Gasteiger partial charge in [0.05, 0.1) is 6.10 Å². The number of carbonyl (C=O) groups is 1. The van der Waals surface area contributed by atoms with Gasteiger partial charge in [-0.25, -0.2) is 9.18 Å². The summed E-state index contributed by atoms with van der Waals surface area (Å²) in [6, 6.07) is -0.339. The number of hydrogen-bond acceptors (Lipinski definition) is 6. The summed E-state index contributed by atoms with van der Waals surface area (Å²) in [6.45, 7) is 1.09. The van der Waals surface area contributed by atoms with Gasteiger partial charge in [0.25, 0.3) is 0 Å². The molecule has 0 aromatic rings. The fraction of sp³-hybridized carbons (Fsp3) is 0.875. The van der Waals surface area contributed by atoms with Gasteiger partial charge in [-0.15, -0.1) is 0 Å². The van der Waals surface area contributed by atoms with E-state index in [0.29, 0.717) is 0 Å². The molecule has 0 bridgehead atoms. The van der Waals surface area contributed by atoms with E-state index in [9.17, 15) is 106 Å². The predicted molar refractivity (Wildman–Crippen MR) is 132 cm³/mol. The highest BCUT2D eigenvalue weighted by Crippen LogP contribution is 2.68. The van der Waals surface area contributed by atoms with Crippen molar-refractivity contribution in [2.75, 3.05) is 34.5 Å². The third-order valence-corrected chi connectivity index (χ3v) is 10.0. The van der Waals surface area contributed by atoms with Crippen molar-refractivity contribution >= 4 is 14.8 Å². The Balaban J connectivity index is 7.07. The molecule has 30 heteroatoms. The lowest BCUT2D eigenvalue weighted by Gasteiger charge is -2.46. The smallest absolute Gasteiger partial charge is 0.460 e. The molecule has 322 valence electrons. The Kier molecular flexibility index (Phi) is 15.2. The van der Waals surface area contributed by atoms with E-state index in [1.165, 1.54) is 0 Å².